The van der Waals surface area contributed by atoms with Gasteiger partial charge in [0.05, 0.1) is 0 Å². The molecule has 0 unspecified atom stereocenters. The summed E-state index contributed by atoms with van der Waals surface area (Å²) in [6.45, 7) is 11.7. The molecule has 0 bridgehead atoms. The van der Waals surface area contributed by atoms with Crippen molar-refractivity contribution in [1.29, 1.82) is 0 Å². The number of hydrogen-bond acceptors (Lipinski definition) is 0. The maximum absolute atomic E-state index is 14.8. The largest absolute Gasteiger partial charge is 0.247 e. The molecule has 2 rings (SSSR count). The van der Waals surface area contributed by atoms with E-state index >= 15 is 0 Å². The van der Waals surface area contributed by atoms with Crippen LogP contribution in [0.1, 0.15) is 86.0 Å². The third-order valence-electron chi connectivity index (χ3n) is 6.92. The van der Waals surface area contributed by atoms with E-state index in [-0.39, 0.29) is 11.3 Å². The van der Waals surface area contributed by atoms with Crippen molar-refractivity contribution in [2.24, 2.45) is 35.0 Å². The molecule has 0 aromatic heterocycles. The van der Waals surface area contributed by atoms with Crippen LogP contribution in [0.5, 0.6) is 0 Å². The molecule has 0 radical (unpaired) electrons. The minimum absolute atomic E-state index is 0.255. The molecule has 0 spiro atoms. The first-order valence-corrected chi connectivity index (χ1v) is 9.47. The molecule has 2 saturated carbocycles. The molecule has 0 aromatic rings. The van der Waals surface area contributed by atoms with Crippen molar-refractivity contribution >= 4 is 0 Å². The molecule has 0 amide bonds. The topological polar surface area (TPSA) is 0 Å². The molecular weight excluding hydrogens is 259 g/mol. The van der Waals surface area contributed by atoms with Crippen LogP contribution in [0.2, 0.25) is 0 Å². The van der Waals surface area contributed by atoms with Crippen molar-refractivity contribution < 1.29 is 4.39 Å². The Bertz CT molecular complexity index is 324. The lowest BCUT2D eigenvalue weighted by molar-refractivity contribution is 0.0826. The van der Waals surface area contributed by atoms with E-state index < -0.39 is 6.17 Å². The zero-order valence-corrected chi connectivity index (χ0v) is 15.0. The molecule has 6 atom stereocenters. The Hall–Kier alpha value is -0.0700. The fraction of sp³-hybridized carbons (Fsp3) is 1.00. The summed E-state index contributed by atoms with van der Waals surface area (Å²) in [5.41, 5.74) is 0.257. The predicted molar refractivity (Wildman–Crippen MR) is 90.1 cm³/mol. The van der Waals surface area contributed by atoms with E-state index in [2.05, 4.69) is 34.6 Å². The zero-order chi connectivity index (χ0) is 15.6. The normalized spacial score (nSPS) is 46.1. The zero-order valence-electron chi connectivity index (χ0n) is 15.0. The molecule has 2 aliphatic rings. The molecule has 0 nitrogen and oxygen atoms in total. The molecule has 0 heterocycles. The lowest BCUT2D eigenvalue weighted by Crippen LogP contribution is -2.32. The molecule has 2 aliphatic carbocycles. The Balaban J connectivity index is 2.19. The van der Waals surface area contributed by atoms with Crippen LogP contribution in [0.3, 0.4) is 0 Å². The number of alkyl halides is 1. The van der Waals surface area contributed by atoms with Gasteiger partial charge in [0.1, 0.15) is 6.17 Å². The fourth-order valence-electron chi connectivity index (χ4n) is 5.24. The van der Waals surface area contributed by atoms with E-state index in [9.17, 15) is 4.39 Å². The minimum Gasteiger partial charge on any atom is -0.247 e. The maximum Gasteiger partial charge on any atom is 0.103 e. The predicted octanol–water partition coefficient (Wildman–Crippen LogP) is 6.64. The van der Waals surface area contributed by atoms with Crippen LogP contribution in [0, 0.1) is 35.0 Å². The van der Waals surface area contributed by atoms with Gasteiger partial charge < -0.3 is 0 Å². The highest BCUT2D eigenvalue weighted by Crippen LogP contribution is 2.55. The van der Waals surface area contributed by atoms with E-state index in [4.69, 9.17) is 0 Å². The fourth-order valence-corrected chi connectivity index (χ4v) is 5.24. The summed E-state index contributed by atoms with van der Waals surface area (Å²) in [6, 6.07) is 0. The van der Waals surface area contributed by atoms with Gasteiger partial charge in [0.25, 0.3) is 0 Å². The van der Waals surface area contributed by atoms with Crippen LogP contribution >= 0.6 is 0 Å². The summed E-state index contributed by atoms with van der Waals surface area (Å²) >= 11 is 0. The Morgan fingerprint density at radius 2 is 1.71 bits per heavy atom. The van der Waals surface area contributed by atoms with Crippen molar-refractivity contribution in [2.75, 3.05) is 0 Å². The standard InChI is InChI=1S/C20H37F/c1-14(2)17-11-12-20(5)13-19(21)16(4)8-6-7-15(3)9-10-18(17)20/h14-19H,6-13H2,1-5H3/t15-,16+,17+,18-,19-,20-/m1/s1. The second-order valence-corrected chi connectivity index (χ2v) is 9.02. The van der Waals surface area contributed by atoms with E-state index in [0.717, 1.165) is 36.5 Å². The van der Waals surface area contributed by atoms with Gasteiger partial charge in [-0.05, 0) is 67.1 Å². The van der Waals surface area contributed by atoms with Gasteiger partial charge >= 0.3 is 0 Å². The first-order chi connectivity index (χ1) is 9.83. The minimum atomic E-state index is -0.586. The van der Waals surface area contributed by atoms with E-state index in [1.807, 2.05) is 0 Å². The highest BCUT2D eigenvalue weighted by atomic mass is 19.1. The van der Waals surface area contributed by atoms with Gasteiger partial charge in [-0.15, -0.1) is 0 Å². The first-order valence-electron chi connectivity index (χ1n) is 9.47. The van der Waals surface area contributed by atoms with Crippen molar-refractivity contribution in [3.63, 3.8) is 0 Å². The van der Waals surface area contributed by atoms with Crippen molar-refractivity contribution in [3.8, 4) is 0 Å². The molecule has 124 valence electrons. The average Bonchev–Trinajstić information content (AvgIpc) is 2.71. The molecule has 2 fully saturated rings. The quantitative estimate of drug-likeness (QED) is 0.509. The number of fused-ring (bicyclic) bond motifs is 1. The second kappa shape index (κ2) is 7.01. The van der Waals surface area contributed by atoms with Gasteiger partial charge in [-0.25, -0.2) is 4.39 Å². The highest BCUT2D eigenvalue weighted by Gasteiger charge is 2.47. The lowest BCUT2D eigenvalue weighted by atomic mass is 9.68. The molecule has 0 aliphatic heterocycles. The van der Waals surface area contributed by atoms with Gasteiger partial charge in [0.2, 0.25) is 0 Å². The van der Waals surface area contributed by atoms with Crippen molar-refractivity contribution in [2.45, 2.75) is 92.2 Å². The number of hydrogen-bond donors (Lipinski definition) is 0. The van der Waals surface area contributed by atoms with Crippen LogP contribution in [-0.4, -0.2) is 6.17 Å². The summed E-state index contributed by atoms with van der Waals surface area (Å²) in [5, 5.41) is 0. The van der Waals surface area contributed by atoms with E-state index in [0.29, 0.717) is 0 Å². The summed E-state index contributed by atoms with van der Waals surface area (Å²) in [7, 11) is 0. The van der Waals surface area contributed by atoms with Crippen molar-refractivity contribution in [3.05, 3.63) is 0 Å². The van der Waals surface area contributed by atoms with Gasteiger partial charge in [-0.3, -0.25) is 0 Å². The molecule has 0 saturated heterocycles. The lowest BCUT2D eigenvalue weighted by Gasteiger charge is -2.38. The molecular formula is C20H37F. The first kappa shape index (κ1) is 17.3. The Kier molecular flexibility index (Phi) is 5.77. The Morgan fingerprint density at radius 1 is 1.00 bits per heavy atom. The molecule has 0 aromatic carbocycles. The van der Waals surface area contributed by atoms with Crippen LogP contribution < -0.4 is 0 Å². The van der Waals surface area contributed by atoms with Crippen molar-refractivity contribution in [1.82, 2.24) is 0 Å². The summed E-state index contributed by atoms with van der Waals surface area (Å²) < 4.78 is 14.8. The average molecular weight is 297 g/mol. The highest BCUT2D eigenvalue weighted by molar-refractivity contribution is 4.96. The molecule has 0 N–H and O–H groups in total. The van der Waals surface area contributed by atoms with Crippen LogP contribution in [0.4, 0.5) is 4.39 Å². The molecule has 21 heavy (non-hydrogen) atoms. The maximum atomic E-state index is 14.8. The number of rotatable bonds is 1. The Morgan fingerprint density at radius 3 is 2.38 bits per heavy atom. The molecule has 1 heteroatoms. The monoisotopic (exact) mass is 296 g/mol. The van der Waals surface area contributed by atoms with Crippen LogP contribution in [0.15, 0.2) is 0 Å². The van der Waals surface area contributed by atoms with Gasteiger partial charge in [-0.1, -0.05) is 53.9 Å². The van der Waals surface area contributed by atoms with Gasteiger partial charge in [-0.2, -0.15) is 0 Å². The second-order valence-electron chi connectivity index (χ2n) is 9.02. The number of halogens is 1. The van der Waals surface area contributed by atoms with Gasteiger partial charge in [0, 0.05) is 0 Å². The summed E-state index contributed by atoms with van der Waals surface area (Å²) in [6.07, 6.45) is 9.10. The van der Waals surface area contributed by atoms with E-state index in [1.165, 1.54) is 38.5 Å². The van der Waals surface area contributed by atoms with Gasteiger partial charge in [0.15, 0.2) is 0 Å². The summed E-state index contributed by atoms with van der Waals surface area (Å²) in [5.74, 6) is 3.42. The summed E-state index contributed by atoms with van der Waals surface area (Å²) in [4.78, 5) is 0. The third kappa shape index (κ3) is 4.02. The Labute approximate surface area is 132 Å². The van der Waals surface area contributed by atoms with E-state index in [1.54, 1.807) is 0 Å². The smallest absolute Gasteiger partial charge is 0.103 e. The van der Waals surface area contributed by atoms with Crippen LogP contribution in [0.25, 0.3) is 0 Å². The van der Waals surface area contributed by atoms with Crippen LogP contribution in [-0.2, 0) is 0 Å². The third-order valence-corrected chi connectivity index (χ3v) is 6.92. The SMILES string of the molecule is CC(C)[C@@H]1CC[C@]2(C)C[C@@H](F)[C@@H](C)CCC[C@@H](C)CC[C@H]12.